The average molecular weight is 227 g/mol. The number of esters is 1. The van der Waals surface area contributed by atoms with Gasteiger partial charge in [0.15, 0.2) is 0 Å². The van der Waals surface area contributed by atoms with Crippen molar-refractivity contribution >= 4 is 23.0 Å². The minimum Gasteiger partial charge on any atom is -0.461 e. The maximum atomic E-state index is 10.8. The van der Waals surface area contributed by atoms with Crippen molar-refractivity contribution in [2.75, 3.05) is 6.61 Å². The zero-order chi connectivity index (χ0) is 12.1. The van der Waals surface area contributed by atoms with E-state index in [4.69, 9.17) is 10.1 Å². The number of carbonyl (C=O) groups excluding carboxylic acids is 1. The highest BCUT2D eigenvalue weighted by molar-refractivity contribution is 6.21. The molecule has 0 aromatic heterocycles. The van der Waals surface area contributed by atoms with Gasteiger partial charge in [-0.05, 0) is 16.3 Å². The fourth-order valence-corrected chi connectivity index (χ4v) is 1.81. The number of hydrogen-bond donors (Lipinski definition) is 1. The van der Waals surface area contributed by atoms with E-state index in [2.05, 4.69) is 18.2 Å². The molecule has 2 aromatic carbocycles. The van der Waals surface area contributed by atoms with E-state index < -0.39 is 5.97 Å². The zero-order valence-electron chi connectivity index (χ0n) is 9.35. The lowest BCUT2D eigenvalue weighted by atomic mass is 10.0. The maximum Gasteiger partial charge on any atom is 0.348 e. The summed E-state index contributed by atoms with van der Waals surface area (Å²) in [6.45, 7) is 0.308. The highest BCUT2D eigenvalue weighted by atomic mass is 16.5. The Morgan fingerprint density at radius 2 is 1.94 bits per heavy atom. The van der Waals surface area contributed by atoms with Gasteiger partial charge in [0.2, 0.25) is 0 Å². The quantitative estimate of drug-likeness (QED) is 0.644. The first kappa shape index (κ1) is 11.3. The molecular weight excluding hydrogens is 214 g/mol. The molecule has 3 heteroatoms. The van der Waals surface area contributed by atoms with E-state index >= 15 is 0 Å². The van der Waals surface area contributed by atoms with Gasteiger partial charge in [0.05, 0.1) is 6.61 Å². The topological polar surface area (TPSA) is 50.2 Å². The predicted octanol–water partition coefficient (Wildman–Crippen LogP) is 2.58. The number of benzene rings is 2. The Kier molecular flexibility index (Phi) is 3.50. The van der Waals surface area contributed by atoms with E-state index in [1.807, 2.05) is 24.3 Å². The van der Waals surface area contributed by atoms with Gasteiger partial charge < -0.3 is 10.1 Å². The smallest absolute Gasteiger partial charge is 0.348 e. The van der Waals surface area contributed by atoms with Gasteiger partial charge in [-0.1, -0.05) is 42.5 Å². The molecule has 0 saturated heterocycles. The Bertz CT molecular complexity index is 543. The third-order valence-corrected chi connectivity index (χ3v) is 2.61. The van der Waals surface area contributed by atoms with Crippen molar-refractivity contribution in [2.24, 2.45) is 0 Å². The van der Waals surface area contributed by atoms with Gasteiger partial charge in [0.25, 0.3) is 0 Å². The lowest BCUT2D eigenvalue weighted by molar-refractivity contribution is -0.134. The fourth-order valence-electron chi connectivity index (χ4n) is 1.81. The van der Waals surface area contributed by atoms with Gasteiger partial charge in [0, 0.05) is 6.42 Å². The molecule has 0 aliphatic heterocycles. The van der Waals surface area contributed by atoms with Crippen LogP contribution in [0.25, 0.3) is 10.8 Å². The van der Waals surface area contributed by atoms with Crippen LogP contribution in [0, 0.1) is 5.41 Å². The standard InChI is InChI=1S/C14H13NO2/c15-10-14(16)17-9-8-12-6-3-5-11-4-1-2-7-13(11)12/h1-7,10,15H,8-9H2. The molecule has 0 spiro atoms. The number of carbonyl (C=O) groups is 1. The third kappa shape index (κ3) is 2.69. The lowest BCUT2D eigenvalue weighted by Crippen LogP contribution is -2.08. The van der Waals surface area contributed by atoms with Crippen molar-refractivity contribution in [3.63, 3.8) is 0 Å². The summed E-state index contributed by atoms with van der Waals surface area (Å²) in [4.78, 5) is 10.8. The van der Waals surface area contributed by atoms with E-state index in [0.29, 0.717) is 19.2 Å². The summed E-state index contributed by atoms with van der Waals surface area (Å²) >= 11 is 0. The molecule has 2 rings (SSSR count). The fraction of sp³-hybridized carbons (Fsp3) is 0.143. The minimum absolute atomic E-state index is 0.308. The van der Waals surface area contributed by atoms with Gasteiger partial charge in [-0.25, -0.2) is 4.79 Å². The normalized spacial score (nSPS) is 10.1. The van der Waals surface area contributed by atoms with Gasteiger partial charge in [-0.2, -0.15) is 0 Å². The largest absolute Gasteiger partial charge is 0.461 e. The second kappa shape index (κ2) is 5.25. The molecule has 0 atom stereocenters. The molecule has 0 heterocycles. The van der Waals surface area contributed by atoms with Crippen LogP contribution in [0.1, 0.15) is 5.56 Å². The van der Waals surface area contributed by atoms with Gasteiger partial charge in [-0.15, -0.1) is 0 Å². The monoisotopic (exact) mass is 227 g/mol. The van der Waals surface area contributed by atoms with E-state index in [1.165, 1.54) is 10.8 Å². The summed E-state index contributed by atoms with van der Waals surface area (Å²) < 4.78 is 4.86. The molecule has 0 unspecified atom stereocenters. The van der Waals surface area contributed by atoms with Crippen LogP contribution < -0.4 is 0 Å². The molecule has 1 N–H and O–H groups in total. The van der Waals surface area contributed by atoms with Crippen LogP contribution in [0.3, 0.4) is 0 Å². The molecule has 0 bridgehead atoms. The van der Waals surface area contributed by atoms with Crippen LogP contribution >= 0.6 is 0 Å². The zero-order valence-corrected chi connectivity index (χ0v) is 9.35. The first-order valence-electron chi connectivity index (χ1n) is 5.45. The van der Waals surface area contributed by atoms with E-state index in [0.717, 1.165) is 5.56 Å². The van der Waals surface area contributed by atoms with Crippen molar-refractivity contribution in [2.45, 2.75) is 6.42 Å². The molecule has 2 aromatic rings. The summed E-state index contributed by atoms with van der Waals surface area (Å²) in [6.07, 6.45) is 1.35. The molecule has 0 fully saturated rings. The Morgan fingerprint density at radius 3 is 2.76 bits per heavy atom. The van der Waals surface area contributed by atoms with Crippen molar-refractivity contribution in [1.82, 2.24) is 0 Å². The molecule has 86 valence electrons. The first-order valence-corrected chi connectivity index (χ1v) is 5.45. The number of nitrogens with one attached hydrogen (secondary N) is 1. The Hall–Kier alpha value is -2.16. The molecule has 0 aliphatic carbocycles. The molecule has 0 aliphatic rings. The van der Waals surface area contributed by atoms with E-state index in [9.17, 15) is 4.79 Å². The molecule has 17 heavy (non-hydrogen) atoms. The Balaban J connectivity index is 2.13. The van der Waals surface area contributed by atoms with E-state index in [1.54, 1.807) is 0 Å². The number of ether oxygens (including phenoxy) is 1. The number of hydrogen-bond acceptors (Lipinski definition) is 3. The van der Waals surface area contributed by atoms with Crippen LogP contribution in [0.4, 0.5) is 0 Å². The SMILES string of the molecule is N=CC(=O)OCCc1cccc2ccccc12. The van der Waals surface area contributed by atoms with Crippen LogP contribution in [0.2, 0.25) is 0 Å². The average Bonchev–Trinajstić information content (AvgIpc) is 2.39. The number of rotatable bonds is 4. The molecule has 0 amide bonds. The lowest BCUT2D eigenvalue weighted by Gasteiger charge is -2.06. The molecule has 0 radical (unpaired) electrons. The second-order valence-corrected chi connectivity index (χ2v) is 3.70. The van der Waals surface area contributed by atoms with Crippen LogP contribution in [-0.2, 0) is 16.0 Å². The van der Waals surface area contributed by atoms with Crippen molar-refractivity contribution in [1.29, 1.82) is 5.41 Å². The summed E-state index contributed by atoms with van der Waals surface area (Å²) in [5.74, 6) is -0.592. The molecule has 3 nitrogen and oxygen atoms in total. The molecular formula is C14H13NO2. The van der Waals surface area contributed by atoms with Gasteiger partial charge >= 0.3 is 5.97 Å². The van der Waals surface area contributed by atoms with Crippen molar-refractivity contribution in [3.8, 4) is 0 Å². The van der Waals surface area contributed by atoms with Crippen LogP contribution in [0.15, 0.2) is 42.5 Å². The van der Waals surface area contributed by atoms with Gasteiger partial charge in [-0.3, -0.25) is 0 Å². The molecule has 0 saturated carbocycles. The summed E-state index contributed by atoms with van der Waals surface area (Å²) in [7, 11) is 0. The minimum atomic E-state index is -0.592. The van der Waals surface area contributed by atoms with Gasteiger partial charge in [0.1, 0.15) is 6.21 Å². The summed E-state index contributed by atoms with van der Waals surface area (Å²) in [5, 5.41) is 9.09. The third-order valence-electron chi connectivity index (χ3n) is 2.61. The van der Waals surface area contributed by atoms with Crippen molar-refractivity contribution < 1.29 is 9.53 Å². The second-order valence-electron chi connectivity index (χ2n) is 3.70. The van der Waals surface area contributed by atoms with Crippen molar-refractivity contribution in [3.05, 3.63) is 48.0 Å². The Morgan fingerprint density at radius 1 is 1.18 bits per heavy atom. The first-order chi connectivity index (χ1) is 8.31. The number of fused-ring (bicyclic) bond motifs is 1. The summed E-state index contributed by atoms with van der Waals surface area (Å²) in [6, 6.07) is 14.2. The Labute approximate surface area is 99.5 Å². The highest BCUT2D eigenvalue weighted by Gasteiger charge is 2.01. The van der Waals surface area contributed by atoms with Crippen LogP contribution in [0.5, 0.6) is 0 Å². The summed E-state index contributed by atoms with van der Waals surface area (Å²) in [5.41, 5.74) is 1.15. The predicted molar refractivity (Wildman–Crippen MR) is 67.4 cm³/mol. The van der Waals surface area contributed by atoms with Crippen LogP contribution in [-0.4, -0.2) is 18.8 Å². The highest BCUT2D eigenvalue weighted by Crippen LogP contribution is 2.18. The van der Waals surface area contributed by atoms with E-state index in [-0.39, 0.29) is 0 Å². The maximum absolute atomic E-state index is 10.8.